The van der Waals surface area contributed by atoms with Gasteiger partial charge in [-0.25, -0.2) is 0 Å². The van der Waals surface area contributed by atoms with Crippen molar-refractivity contribution >= 4 is 0 Å². The van der Waals surface area contributed by atoms with E-state index >= 15 is 0 Å². The number of phenolic OH excluding ortho intramolecular Hbond substituents is 1. The number of nitrogens with one attached hydrogen (secondary N) is 1. The van der Waals surface area contributed by atoms with Gasteiger partial charge >= 0.3 is 0 Å². The van der Waals surface area contributed by atoms with E-state index in [0.29, 0.717) is 11.7 Å². The molecule has 0 amide bonds. The van der Waals surface area contributed by atoms with Crippen molar-refractivity contribution in [2.24, 2.45) is 0 Å². The molecule has 1 aromatic rings. The molecule has 1 aliphatic heterocycles. The summed E-state index contributed by atoms with van der Waals surface area (Å²) in [6.07, 6.45) is 2.17. The van der Waals surface area contributed by atoms with Crippen molar-refractivity contribution in [2.45, 2.75) is 25.7 Å². The number of aryl methyl sites for hydroxylation is 1. The van der Waals surface area contributed by atoms with Gasteiger partial charge in [-0.2, -0.15) is 0 Å². The summed E-state index contributed by atoms with van der Waals surface area (Å²) in [4.78, 5) is 0. The lowest BCUT2D eigenvalue weighted by molar-refractivity contribution is 0.399. The summed E-state index contributed by atoms with van der Waals surface area (Å²) in [5.74, 6) is 1.73. The maximum Gasteiger partial charge on any atom is 0.122 e. The molecule has 1 aliphatic rings. The summed E-state index contributed by atoms with van der Waals surface area (Å²) in [5, 5.41) is 13.4. The lowest BCUT2D eigenvalue weighted by Gasteiger charge is -2.24. The number of piperidine rings is 1. The third-order valence-corrected chi connectivity index (χ3v) is 3.32. The van der Waals surface area contributed by atoms with Crippen LogP contribution >= 0.6 is 0 Å². The Morgan fingerprint density at radius 3 is 2.62 bits per heavy atom. The number of rotatable bonds is 2. The molecular formula is C13H19NO2. The lowest BCUT2D eigenvalue weighted by Crippen LogP contribution is -2.26. The van der Waals surface area contributed by atoms with Gasteiger partial charge in [-0.3, -0.25) is 0 Å². The molecule has 0 atom stereocenters. The summed E-state index contributed by atoms with van der Waals surface area (Å²) >= 11 is 0. The summed E-state index contributed by atoms with van der Waals surface area (Å²) in [6.45, 7) is 3.98. The molecule has 2 N–H and O–H groups in total. The van der Waals surface area contributed by atoms with Crippen molar-refractivity contribution in [3.63, 3.8) is 0 Å². The van der Waals surface area contributed by atoms with Crippen LogP contribution in [-0.2, 0) is 0 Å². The second-order valence-electron chi connectivity index (χ2n) is 4.41. The molecule has 0 aromatic heterocycles. The van der Waals surface area contributed by atoms with Crippen molar-refractivity contribution in [2.75, 3.05) is 20.2 Å². The minimum atomic E-state index is 0.438. The number of aromatic hydroxyl groups is 1. The monoisotopic (exact) mass is 221 g/mol. The molecule has 0 radical (unpaired) electrons. The smallest absolute Gasteiger partial charge is 0.122 e. The molecule has 16 heavy (non-hydrogen) atoms. The standard InChI is InChI=1S/C13H19NO2/c1-9-7-11(16-2)8-12(13(9)15)10-3-5-14-6-4-10/h7-8,10,14-15H,3-6H2,1-2H3. The first-order valence-electron chi connectivity index (χ1n) is 5.80. The molecule has 1 heterocycles. The SMILES string of the molecule is COc1cc(C)c(O)c(C2CCNCC2)c1. The molecule has 3 nitrogen and oxygen atoms in total. The fraction of sp³-hybridized carbons (Fsp3) is 0.538. The van der Waals surface area contributed by atoms with Gasteiger partial charge in [-0.05, 0) is 56.5 Å². The molecule has 0 bridgehead atoms. The van der Waals surface area contributed by atoms with Gasteiger partial charge < -0.3 is 15.2 Å². The highest BCUT2D eigenvalue weighted by Crippen LogP contribution is 2.36. The Bertz CT molecular complexity index is 370. The zero-order chi connectivity index (χ0) is 11.5. The maximum absolute atomic E-state index is 10.1. The normalized spacial score (nSPS) is 17.4. The van der Waals surface area contributed by atoms with Crippen LogP contribution in [0.25, 0.3) is 0 Å². The largest absolute Gasteiger partial charge is 0.507 e. The third-order valence-electron chi connectivity index (χ3n) is 3.32. The first-order chi connectivity index (χ1) is 7.72. The number of hydrogen-bond donors (Lipinski definition) is 2. The van der Waals surface area contributed by atoms with E-state index in [1.807, 2.05) is 19.1 Å². The van der Waals surface area contributed by atoms with Gasteiger partial charge in [0.1, 0.15) is 11.5 Å². The Balaban J connectivity index is 2.33. The van der Waals surface area contributed by atoms with Crippen LogP contribution in [0.3, 0.4) is 0 Å². The van der Waals surface area contributed by atoms with Crippen LogP contribution in [0, 0.1) is 6.92 Å². The van der Waals surface area contributed by atoms with E-state index in [9.17, 15) is 5.11 Å². The first kappa shape index (κ1) is 11.3. The van der Waals surface area contributed by atoms with E-state index in [-0.39, 0.29) is 0 Å². The topological polar surface area (TPSA) is 41.5 Å². The predicted molar refractivity (Wildman–Crippen MR) is 64.2 cm³/mol. The minimum Gasteiger partial charge on any atom is -0.507 e. The number of ether oxygens (including phenoxy) is 1. The van der Waals surface area contributed by atoms with Crippen molar-refractivity contribution in [1.29, 1.82) is 0 Å². The van der Waals surface area contributed by atoms with Crippen LogP contribution in [0.5, 0.6) is 11.5 Å². The highest BCUT2D eigenvalue weighted by Gasteiger charge is 2.20. The fourth-order valence-corrected chi connectivity index (χ4v) is 2.33. The van der Waals surface area contributed by atoms with Crippen molar-refractivity contribution < 1.29 is 9.84 Å². The van der Waals surface area contributed by atoms with E-state index in [4.69, 9.17) is 4.74 Å². The van der Waals surface area contributed by atoms with Crippen LogP contribution < -0.4 is 10.1 Å². The van der Waals surface area contributed by atoms with Crippen LogP contribution in [-0.4, -0.2) is 25.3 Å². The molecule has 3 heteroatoms. The summed E-state index contributed by atoms with van der Waals surface area (Å²) in [5.41, 5.74) is 1.94. The highest BCUT2D eigenvalue weighted by molar-refractivity contribution is 5.47. The second kappa shape index (κ2) is 4.74. The van der Waals surface area contributed by atoms with Crippen LogP contribution in [0.15, 0.2) is 12.1 Å². The van der Waals surface area contributed by atoms with Gasteiger partial charge in [0.15, 0.2) is 0 Å². The molecule has 0 unspecified atom stereocenters. The first-order valence-corrected chi connectivity index (χ1v) is 5.80. The number of methoxy groups -OCH3 is 1. The maximum atomic E-state index is 10.1. The third kappa shape index (κ3) is 2.14. The van der Waals surface area contributed by atoms with Crippen LogP contribution in [0.4, 0.5) is 0 Å². The van der Waals surface area contributed by atoms with E-state index < -0.39 is 0 Å². The summed E-state index contributed by atoms with van der Waals surface area (Å²) in [7, 11) is 1.66. The zero-order valence-electron chi connectivity index (χ0n) is 9.92. The second-order valence-corrected chi connectivity index (χ2v) is 4.41. The Hall–Kier alpha value is -1.22. The predicted octanol–water partition coefficient (Wildman–Crippen LogP) is 2.18. The molecule has 1 aromatic carbocycles. The number of benzene rings is 1. The molecular weight excluding hydrogens is 202 g/mol. The number of phenols is 1. The Morgan fingerprint density at radius 2 is 2.00 bits per heavy atom. The van der Waals surface area contributed by atoms with Crippen molar-refractivity contribution in [3.05, 3.63) is 23.3 Å². The lowest BCUT2D eigenvalue weighted by atomic mass is 9.88. The van der Waals surface area contributed by atoms with E-state index in [1.165, 1.54) is 0 Å². The molecule has 2 rings (SSSR count). The Kier molecular flexibility index (Phi) is 3.34. The fourth-order valence-electron chi connectivity index (χ4n) is 2.33. The average Bonchev–Trinajstić information content (AvgIpc) is 2.33. The molecule has 0 spiro atoms. The van der Waals surface area contributed by atoms with E-state index in [2.05, 4.69) is 5.32 Å². The van der Waals surface area contributed by atoms with Gasteiger partial charge in [0.2, 0.25) is 0 Å². The summed E-state index contributed by atoms with van der Waals surface area (Å²) in [6, 6.07) is 3.85. The van der Waals surface area contributed by atoms with Crippen molar-refractivity contribution in [3.8, 4) is 11.5 Å². The number of hydrogen-bond acceptors (Lipinski definition) is 3. The van der Waals surface area contributed by atoms with Gasteiger partial charge in [0, 0.05) is 5.56 Å². The van der Waals surface area contributed by atoms with Gasteiger partial charge in [0.05, 0.1) is 7.11 Å². The summed E-state index contributed by atoms with van der Waals surface area (Å²) < 4.78 is 5.25. The van der Waals surface area contributed by atoms with Gasteiger partial charge in [0.25, 0.3) is 0 Å². The highest BCUT2D eigenvalue weighted by atomic mass is 16.5. The van der Waals surface area contributed by atoms with Crippen molar-refractivity contribution in [1.82, 2.24) is 5.32 Å². The Labute approximate surface area is 96.4 Å². The zero-order valence-corrected chi connectivity index (χ0v) is 9.92. The molecule has 1 saturated heterocycles. The molecule has 1 fully saturated rings. The molecule has 0 saturated carbocycles. The quantitative estimate of drug-likeness (QED) is 0.804. The average molecular weight is 221 g/mol. The van der Waals surface area contributed by atoms with E-state index in [0.717, 1.165) is 42.8 Å². The van der Waals surface area contributed by atoms with Gasteiger partial charge in [-0.15, -0.1) is 0 Å². The Morgan fingerprint density at radius 1 is 1.31 bits per heavy atom. The minimum absolute atomic E-state index is 0.438. The van der Waals surface area contributed by atoms with E-state index in [1.54, 1.807) is 7.11 Å². The van der Waals surface area contributed by atoms with Crippen LogP contribution in [0.2, 0.25) is 0 Å². The van der Waals surface area contributed by atoms with Gasteiger partial charge in [-0.1, -0.05) is 0 Å². The molecule has 88 valence electrons. The van der Waals surface area contributed by atoms with Crippen LogP contribution in [0.1, 0.15) is 29.9 Å². The molecule has 0 aliphatic carbocycles.